The van der Waals surface area contributed by atoms with E-state index in [9.17, 15) is 0 Å². The normalized spacial score (nSPS) is 12.2. The Hall–Kier alpha value is -0.300. The molecule has 1 nitrogen and oxygen atoms in total. The van der Waals surface area contributed by atoms with E-state index in [4.69, 9.17) is 5.73 Å². The molecule has 0 fully saturated rings. The first kappa shape index (κ1) is 5.70. The van der Waals surface area contributed by atoms with Crippen LogP contribution in [0.2, 0.25) is 0 Å². The summed E-state index contributed by atoms with van der Waals surface area (Å²) >= 11 is 0. The fraction of sp³-hybridized carbons (Fsp3) is 0.600. The number of allylic oxidation sites excluding steroid dienone is 1. The van der Waals surface area contributed by atoms with E-state index >= 15 is 0 Å². The van der Waals surface area contributed by atoms with Gasteiger partial charge in [-0.25, -0.2) is 0 Å². The molecule has 0 aliphatic carbocycles. The molecule has 35 valence electrons. The smallest absolute Gasteiger partial charge is 0.0307 e. The average Bonchev–Trinajstić information content (AvgIpc) is 1.65. The molecule has 0 amide bonds. The molecule has 6 heavy (non-hydrogen) atoms. The third-order valence-electron chi connectivity index (χ3n) is 0.772. The maximum atomic E-state index is 6.74. The third kappa shape index (κ3) is 1.97. The topological polar surface area (TPSA) is 23.8 Å². The van der Waals surface area contributed by atoms with Crippen LogP contribution in [0, 0.1) is 0 Å². The van der Waals surface area contributed by atoms with E-state index in [0.29, 0.717) is 6.54 Å². The second-order valence-corrected chi connectivity index (χ2v) is 1.31. The molecule has 0 rings (SSSR count). The molecule has 0 bridgehead atoms. The van der Waals surface area contributed by atoms with Gasteiger partial charge in [0.2, 0.25) is 0 Å². The van der Waals surface area contributed by atoms with Crippen LogP contribution in [-0.4, -0.2) is 6.54 Å². The van der Waals surface area contributed by atoms with E-state index in [-0.39, 0.29) is 0 Å². The Morgan fingerprint density at radius 1 is 1.83 bits per heavy atom. The van der Waals surface area contributed by atoms with E-state index in [0.717, 1.165) is 5.57 Å². The van der Waals surface area contributed by atoms with Crippen LogP contribution in [0.5, 0.6) is 0 Å². The summed E-state index contributed by atoms with van der Waals surface area (Å²) < 4.78 is 0. The Morgan fingerprint density at radius 2 is 2.33 bits per heavy atom. The Bertz CT molecular complexity index is 55.0. The van der Waals surface area contributed by atoms with Gasteiger partial charge in [-0.1, -0.05) is 11.6 Å². The fourth-order valence-corrected chi connectivity index (χ4v) is 0.102. The summed E-state index contributed by atoms with van der Waals surface area (Å²) in [6.07, 6.45) is 1.95. The Kier molecular flexibility index (Phi) is 2.77. The molecule has 0 spiro atoms. The van der Waals surface area contributed by atoms with Crippen molar-refractivity contribution in [1.82, 2.24) is 5.73 Å². The second-order valence-electron chi connectivity index (χ2n) is 1.31. The van der Waals surface area contributed by atoms with Crippen molar-refractivity contribution < 1.29 is 0 Å². The summed E-state index contributed by atoms with van der Waals surface area (Å²) in [5, 5.41) is 0. The van der Waals surface area contributed by atoms with E-state index in [1.807, 2.05) is 19.9 Å². The van der Waals surface area contributed by atoms with Gasteiger partial charge >= 0.3 is 0 Å². The van der Waals surface area contributed by atoms with Crippen molar-refractivity contribution in [2.45, 2.75) is 13.8 Å². The zero-order valence-electron chi connectivity index (χ0n) is 4.28. The number of hydrogen-bond donors (Lipinski definition) is 0. The van der Waals surface area contributed by atoms with Gasteiger partial charge in [-0.05, 0) is 13.8 Å². The third-order valence-corrected chi connectivity index (χ3v) is 0.772. The highest BCUT2D eigenvalue weighted by molar-refractivity contribution is 4.95. The molecule has 0 heterocycles. The van der Waals surface area contributed by atoms with Gasteiger partial charge in [-0.2, -0.15) is 0 Å². The summed E-state index contributed by atoms with van der Waals surface area (Å²) in [4.78, 5) is 0. The summed E-state index contributed by atoms with van der Waals surface area (Å²) in [5.41, 5.74) is 7.87. The van der Waals surface area contributed by atoms with Crippen LogP contribution in [0.1, 0.15) is 13.8 Å². The zero-order chi connectivity index (χ0) is 4.99. The molecule has 1 N–H and O–H groups in total. The van der Waals surface area contributed by atoms with Crippen molar-refractivity contribution in [1.29, 1.82) is 0 Å². The summed E-state index contributed by atoms with van der Waals surface area (Å²) in [6.45, 7) is 4.34. The van der Waals surface area contributed by atoms with Crippen LogP contribution >= 0.6 is 0 Å². The standard InChI is InChI=1S/C5H10N/c1-3-5(2)4-6/h3,6H,4H2,1-2H3/b5-3+. The van der Waals surface area contributed by atoms with Crippen LogP contribution in [0.4, 0.5) is 0 Å². The van der Waals surface area contributed by atoms with Gasteiger partial charge in [0.1, 0.15) is 0 Å². The van der Waals surface area contributed by atoms with E-state index in [2.05, 4.69) is 0 Å². The van der Waals surface area contributed by atoms with E-state index in [1.54, 1.807) is 0 Å². The number of hydrogen-bond acceptors (Lipinski definition) is 0. The minimum atomic E-state index is 0.441. The van der Waals surface area contributed by atoms with Crippen molar-refractivity contribution in [2.75, 3.05) is 6.54 Å². The quantitative estimate of drug-likeness (QED) is 0.427. The molecule has 0 saturated carbocycles. The lowest BCUT2D eigenvalue weighted by Crippen LogP contribution is -1.83. The van der Waals surface area contributed by atoms with Crippen molar-refractivity contribution >= 4 is 0 Å². The molecule has 0 aromatic carbocycles. The molecule has 0 saturated heterocycles. The fourth-order valence-electron chi connectivity index (χ4n) is 0.102. The highest BCUT2D eigenvalue weighted by atomic mass is 14.5. The molecular weight excluding hydrogens is 74.1 g/mol. The lowest BCUT2D eigenvalue weighted by molar-refractivity contribution is 1.09. The van der Waals surface area contributed by atoms with Gasteiger partial charge < -0.3 is 0 Å². The van der Waals surface area contributed by atoms with Crippen molar-refractivity contribution in [3.8, 4) is 0 Å². The summed E-state index contributed by atoms with van der Waals surface area (Å²) in [6, 6.07) is 0. The predicted molar refractivity (Wildman–Crippen MR) is 27.4 cm³/mol. The van der Waals surface area contributed by atoms with E-state index in [1.165, 1.54) is 0 Å². The SMILES string of the molecule is C/C=C(\C)C[NH]. The molecule has 0 atom stereocenters. The van der Waals surface area contributed by atoms with E-state index < -0.39 is 0 Å². The molecule has 0 unspecified atom stereocenters. The molecule has 0 aliphatic heterocycles. The van der Waals surface area contributed by atoms with Crippen LogP contribution in [0.25, 0.3) is 0 Å². The molecule has 0 aliphatic rings. The first-order valence-electron chi connectivity index (χ1n) is 2.07. The van der Waals surface area contributed by atoms with Gasteiger partial charge in [-0.3, -0.25) is 5.73 Å². The number of nitrogens with one attached hydrogen (secondary N) is 1. The zero-order valence-corrected chi connectivity index (χ0v) is 4.28. The first-order chi connectivity index (χ1) is 2.81. The van der Waals surface area contributed by atoms with Gasteiger partial charge in [0.05, 0.1) is 0 Å². The minimum Gasteiger partial charge on any atom is -0.253 e. The lowest BCUT2D eigenvalue weighted by atomic mass is 10.3. The van der Waals surface area contributed by atoms with Crippen molar-refractivity contribution in [3.63, 3.8) is 0 Å². The molecular formula is C5H10N. The minimum absolute atomic E-state index is 0.441. The molecule has 0 aromatic rings. The highest BCUT2D eigenvalue weighted by Crippen LogP contribution is 1.83. The van der Waals surface area contributed by atoms with Crippen molar-refractivity contribution in [3.05, 3.63) is 11.6 Å². The predicted octanol–water partition coefficient (Wildman–Crippen LogP) is 1.24. The van der Waals surface area contributed by atoms with Gasteiger partial charge in [-0.15, -0.1) is 0 Å². The Labute approximate surface area is 38.8 Å². The largest absolute Gasteiger partial charge is 0.253 e. The molecule has 1 radical (unpaired) electrons. The van der Waals surface area contributed by atoms with Gasteiger partial charge in [0, 0.05) is 6.54 Å². The van der Waals surface area contributed by atoms with Crippen LogP contribution in [-0.2, 0) is 0 Å². The maximum Gasteiger partial charge on any atom is 0.0307 e. The van der Waals surface area contributed by atoms with Crippen molar-refractivity contribution in [2.24, 2.45) is 0 Å². The Balaban J connectivity index is 3.22. The van der Waals surface area contributed by atoms with Gasteiger partial charge in [0.15, 0.2) is 0 Å². The monoisotopic (exact) mass is 84.1 g/mol. The lowest BCUT2D eigenvalue weighted by Gasteiger charge is -1.84. The van der Waals surface area contributed by atoms with Crippen LogP contribution < -0.4 is 5.73 Å². The Morgan fingerprint density at radius 3 is 2.33 bits per heavy atom. The second kappa shape index (κ2) is 2.91. The first-order valence-corrected chi connectivity index (χ1v) is 2.07. The van der Waals surface area contributed by atoms with Crippen LogP contribution in [0.15, 0.2) is 11.6 Å². The maximum absolute atomic E-state index is 6.74. The van der Waals surface area contributed by atoms with Gasteiger partial charge in [0.25, 0.3) is 0 Å². The summed E-state index contributed by atoms with van der Waals surface area (Å²) in [5.74, 6) is 0. The van der Waals surface area contributed by atoms with Crippen LogP contribution in [0.3, 0.4) is 0 Å². The average molecular weight is 84.1 g/mol. The molecule has 1 heteroatoms. The molecule has 0 aromatic heterocycles. The highest BCUT2D eigenvalue weighted by Gasteiger charge is 1.74. The summed E-state index contributed by atoms with van der Waals surface area (Å²) in [7, 11) is 0. The number of rotatable bonds is 1.